The molecular weight excluding hydrogens is 270 g/mol. The molecule has 1 aromatic heterocycles. The van der Waals surface area contributed by atoms with Crippen LogP contribution >= 0.6 is 0 Å². The van der Waals surface area contributed by atoms with Gasteiger partial charge in [0.15, 0.2) is 0 Å². The summed E-state index contributed by atoms with van der Waals surface area (Å²) in [6.07, 6.45) is 0. The van der Waals surface area contributed by atoms with Gasteiger partial charge in [-0.3, -0.25) is 9.69 Å². The van der Waals surface area contributed by atoms with Crippen LogP contribution in [-0.4, -0.2) is 61.3 Å². The molecule has 21 heavy (non-hydrogen) atoms. The van der Waals surface area contributed by atoms with E-state index >= 15 is 0 Å². The number of carbonyl (C=O) groups excluding carboxylic acids is 1. The van der Waals surface area contributed by atoms with Crippen molar-refractivity contribution >= 4 is 5.91 Å². The van der Waals surface area contributed by atoms with Gasteiger partial charge in [0.05, 0.1) is 24.3 Å². The maximum Gasteiger partial charge on any atom is 0.232 e. The van der Waals surface area contributed by atoms with Crippen molar-refractivity contribution in [3.05, 3.63) is 17.0 Å². The number of nitrogens with zero attached hydrogens (tertiary/aromatic N) is 3. The molecule has 1 amide bonds. The molecular formula is C15H23N3O3. The number of aryl methyl sites for hydroxylation is 2. The Morgan fingerprint density at radius 1 is 1.48 bits per heavy atom. The number of carbonyl (C=O) groups is 1. The Kier molecular flexibility index (Phi) is 3.53. The number of hydrogen-bond acceptors (Lipinski definition) is 5. The molecule has 3 heterocycles. The van der Waals surface area contributed by atoms with Crippen LogP contribution in [0.5, 0.6) is 0 Å². The number of hydrogen-bond donors (Lipinski definition) is 0. The minimum Gasteiger partial charge on any atom is -0.380 e. The van der Waals surface area contributed by atoms with E-state index < -0.39 is 0 Å². The molecule has 0 spiro atoms. The fourth-order valence-corrected chi connectivity index (χ4v) is 3.66. The van der Waals surface area contributed by atoms with Gasteiger partial charge in [-0.05, 0) is 13.8 Å². The fourth-order valence-electron chi connectivity index (χ4n) is 3.66. The van der Waals surface area contributed by atoms with E-state index in [2.05, 4.69) is 10.1 Å². The first-order valence-electron chi connectivity index (χ1n) is 7.37. The van der Waals surface area contributed by atoms with E-state index in [9.17, 15) is 4.79 Å². The zero-order valence-electron chi connectivity index (χ0n) is 13.2. The van der Waals surface area contributed by atoms with Crippen LogP contribution in [0.2, 0.25) is 0 Å². The number of fused-ring (bicyclic) bond motifs is 1. The van der Waals surface area contributed by atoms with E-state index in [1.54, 1.807) is 4.90 Å². The second-order valence-electron chi connectivity index (χ2n) is 6.54. The lowest BCUT2D eigenvalue weighted by Crippen LogP contribution is -2.46. The Hall–Kier alpha value is -1.40. The average molecular weight is 293 g/mol. The van der Waals surface area contributed by atoms with Crippen LogP contribution in [0.15, 0.2) is 4.52 Å². The Balaban J connectivity index is 1.79. The average Bonchev–Trinajstić information content (AvgIpc) is 3.06. The highest BCUT2D eigenvalue weighted by molar-refractivity contribution is 5.84. The number of ether oxygens (including phenoxy) is 1. The van der Waals surface area contributed by atoms with Crippen LogP contribution in [0.3, 0.4) is 0 Å². The van der Waals surface area contributed by atoms with Crippen LogP contribution in [0.1, 0.15) is 17.0 Å². The molecule has 2 fully saturated rings. The molecule has 0 bridgehead atoms. The number of likely N-dealkylation sites (tertiary alicyclic amines) is 1. The summed E-state index contributed by atoms with van der Waals surface area (Å²) in [5.41, 5.74) is 1.71. The van der Waals surface area contributed by atoms with Crippen molar-refractivity contribution in [1.29, 1.82) is 0 Å². The predicted octanol–water partition coefficient (Wildman–Crippen LogP) is 0.828. The van der Waals surface area contributed by atoms with Crippen molar-refractivity contribution in [2.24, 2.45) is 11.3 Å². The van der Waals surface area contributed by atoms with Gasteiger partial charge in [-0.2, -0.15) is 0 Å². The standard InChI is InChI=1S/C15H23N3O3/c1-10-13(11(2)21-16-10)6-18-5-12-7-20-9-15(12,8-18)14(19)17(3)4/h12H,5-9H2,1-4H3/t12-,15-/m1/s1. The first kappa shape index (κ1) is 14.5. The van der Waals surface area contributed by atoms with Gasteiger partial charge in [0, 0.05) is 45.2 Å². The molecule has 6 heteroatoms. The van der Waals surface area contributed by atoms with Crippen molar-refractivity contribution < 1.29 is 14.1 Å². The molecule has 0 N–H and O–H groups in total. The second kappa shape index (κ2) is 5.10. The lowest BCUT2D eigenvalue weighted by atomic mass is 9.80. The van der Waals surface area contributed by atoms with E-state index in [-0.39, 0.29) is 17.2 Å². The smallest absolute Gasteiger partial charge is 0.232 e. The minimum absolute atomic E-state index is 0.186. The van der Waals surface area contributed by atoms with Gasteiger partial charge in [-0.1, -0.05) is 5.16 Å². The molecule has 3 rings (SSSR count). The third kappa shape index (κ3) is 2.26. The summed E-state index contributed by atoms with van der Waals surface area (Å²) in [4.78, 5) is 16.6. The molecule has 0 saturated carbocycles. The summed E-state index contributed by atoms with van der Waals surface area (Å²) < 4.78 is 10.8. The molecule has 6 nitrogen and oxygen atoms in total. The van der Waals surface area contributed by atoms with Crippen molar-refractivity contribution in [1.82, 2.24) is 15.0 Å². The molecule has 0 radical (unpaired) electrons. The van der Waals surface area contributed by atoms with Gasteiger partial charge in [0.2, 0.25) is 5.91 Å². The summed E-state index contributed by atoms with van der Waals surface area (Å²) in [6, 6.07) is 0. The maximum absolute atomic E-state index is 12.6. The molecule has 2 atom stereocenters. The van der Waals surface area contributed by atoms with Crippen LogP contribution in [0, 0.1) is 25.2 Å². The summed E-state index contributed by atoms with van der Waals surface area (Å²) in [7, 11) is 3.65. The Morgan fingerprint density at radius 3 is 2.86 bits per heavy atom. The molecule has 2 saturated heterocycles. The minimum atomic E-state index is -0.373. The zero-order chi connectivity index (χ0) is 15.2. The molecule has 116 valence electrons. The summed E-state index contributed by atoms with van der Waals surface area (Å²) in [6.45, 7) is 7.55. The van der Waals surface area contributed by atoms with Crippen LogP contribution < -0.4 is 0 Å². The summed E-state index contributed by atoms with van der Waals surface area (Å²) >= 11 is 0. The van der Waals surface area contributed by atoms with Gasteiger partial charge in [-0.15, -0.1) is 0 Å². The largest absolute Gasteiger partial charge is 0.380 e. The second-order valence-corrected chi connectivity index (χ2v) is 6.54. The van der Waals surface area contributed by atoms with Crippen LogP contribution in [0.4, 0.5) is 0 Å². The Labute approximate surface area is 125 Å². The first-order chi connectivity index (χ1) is 9.94. The van der Waals surface area contributed by atoms with Crippen molar-refractivity contribution in [2.45, 2.75) is 20.4 Å². The molecule has 0 aliphatic carbocycles. The number of rotatable bonds is 3. The van der Waals surface area contributed by atoms with Crippen molar-refractivity contribution in [2.75, 3.05) is 40.4 Å². The van der Waals surface area contributed by atoms with Gasteiger partial charge in [0.1, 0.15) is 5.76 Å². The highest BCUT2D eigenvalue weighted by Crippen LogP contribution is 2.43. The highest BCUT2D eigenvalue weighted by atomic mass is 16.5. The molecule has 0 aromatic carbocycles. The third-order valence-electron chi connectivity index (χ3n) is 4.84. The number of amides is 1. The Bertz CT molecular complexity index is 535. The van der Waals surface area contributed by atoms with E-state index in [0.717, 1.165) is 36.7 Å². The van der Waals surface area contributed by atoms with Gasteiger partial charge < -0.3 is 14.2 Å². The molecule has 2 aliphatic heterocycles. The van der Waals surface area contributed by atoms with E-state index in [1.165, 1.54) is 0 Å². The van der Waals surface area contributed by atoms with Gasteiger partial charge in [0.25, 0.3) is 0 Å². The topological polar surface area (TPSA) is 58.8 Å². The monoisotopic (exact) mass is 293 g/mol. The molecule has 1 aromatic rings. The van der Waals surface area contributed by atoms with Gasteiger partial charge >= 0.3 is 0 Å². The molecule has 0 unspecified atom stereocenters. The van der Waals surface area contributed by atoms with Crippen LogP contribution in [-0.2, 0) is 16.1 Å². The first-order valence-corrected chi connectivity index (χ1v) is 7.37. The normalized spacial score (nSPS) is 28.9. The van der Waals surface area contributed by atoms with Crippen molar-refractivity contribution in [3.63, 3.8) is 0 Å². The van der Waals surface area contributed by atoms with E-state index in [4.69, 9.17) is 9.26 Å². The summed E-state index contributed by atoms with van der Waals surface area (Å²) in [5.74, 6) is 1.34. The maximum atomic E-state index is 12.6. The van der Waals surface area contributed by atoms with E-state index in [0.29, 0.717) is 13.2 Å². The fraction of sp³-hybridized carbons (Fsp3) is 0.733. The van der Waals surface area contributed by atoms with Crippen molar-refractivity contribution in [3.8, 4) is 0 Å². The van der Waals surface area contributed by atoms with E-state index in [1.807, 2.05) is 27.9 Å². The number of aromatic nitrogens is 1. The summed E-state index contributed by atoms with van der Waals surface area (Å²) in [5, 5.41) is 4.01. The SMILES string of the molecule is Cc1noc(C)c1CN1C[C@@H]2COC[C@]2(C(=O)N(C)C)C1. The van der Waals surface area contributed by atoms with Crippen LogP contribution in [0.25, 0.3) is 0 Å². The quantitative estimate of drug-likeness (QED) is 0.826. The van der Waals surface area contributed by atoms with Gasteiger partial charge in [-0.25, -0.2) is 0 Å². The highest BCUT2D eigenvalue weighted by Gasteiger charge is 2.56. The Morgan fingerprint density at radius 2 is 2.24 bits per heavy atom. The lowest BCUT2D eigenvalue weighted by Gasteiger charge is -2.29. The third-order valence-corrected chi connectivity index (χ3v) is 4.84. The zero-order valence-corrected chi connectivity index (χ0v) is 13.2. The lowest BCUT2D eigenvalue weighted by molar-refractivity contribution is -0.140. The predicted molar refractivity (Wildman–Crippen MR) is 76.7 cm³/mol. The molecule has 2 aliphatic rings.